The van der Waals surface area contributed by atoms with Crippen LogP contribution in [0.2, 0.25) is 0 Å². The fourth-order valence-electron chi connectivity index (χ4n) is 3.08. The van der Waals surface area contributed by atoms with Crippen LogP contribution in [0.5, 0.6) is 0 Å². The van der Waals surface area contributed by atoms with E-state index in [1.54, 1.807) is 24.3 Å². The number of nitro benzene ring substituents is 1. The molecule has 0 radical (unpaired) electrons. The lowest BCUT2D eigenvalue weighted by Gasteiger charge is -2.24. The number of hydrogen-bond acceptors (Lipinski definition) is 11. The van der Waals surface area contributed by atoms with Crippen molar-refractivity contribution in [1.29, 1.82) is 0 Å². The number of Topliss-reactive ketones (excluding diaryl/α,β-unsaturated/α-hetero) is 1. The molecule has 0 spiro atoms. The quantitative estimate of drug-likeness (QED) is 0.0823. The van der Waals surface area contributed by atoms with Crippen LogP contribution in [0.25, 0.3) is 0 Å². The van der Waals surface area contributed by atoms with Gasteiger partial charge in [0.25, 0.3) is 15.8 Å². The third-order valence-corrected chi connectivity index (χ3v) is 6.30. The molecule has 0 aliphatic rings. The van der Waals surface area contributed by atoms with E-state index in [2.05, 4.69) is 0 Å². The summed E-state index contributed by atoms with van der Waals surface area (Å²) in [6.07, 6.45) is -4.32. The minimum absolute atomic E-state index is 0.0190. The van der Waals surface area contributed by atoms with E-state index in [-0.39, 0.29) is 17.4 Å². The number of rotatable bonds is 12. The Morgan fingerprint density at radius 1 is 0.842 bits per heavy atom. The molecule has 196 valence electrons. The molecule has 38 heavy (non-hydrogen) atoms. The van der Waals surface area contributed by atoms with Gasteiger partial charge in [0.1, 0.15) is 6.61 Å². The molecule has 3 aromatic carbocycles. The molecule has 0 saturated heterocycles. The largest absolute Gasteiger partial charge is 0.459 e. The fourth-order valence-corrected chi connectivity index (χ4v) is 4.14. The van der Waals surface area contributed by atoms with E-state index in [4.69, 9.17) is 13.7 Å². The SMILES string of the molecule is O=CC(=O)C(OC(=O)c1ccccc1)C(COC(=O)c1ccccc1)OS(=O)(=O)c1ccc([N+](=O)[O-])cc1. The first-order chi connectivity index (χ1) is 18.1. The highest BCUT2D eigenvalue weighted by Crippen LogP contribution is 2.22. The second kappa shape index (κ2) is 12.5. The predicted molar refractivity (Wildman–Crippen MR) is 129 cm³/mol. The Hall–Kier alpha value is -4.75. The van der Waals surface area contributed by atoms with E-state index in [1.165, 1.54) is 36.4 Å². The smallest absolute Gasteiger partial charge is 0.338 e. The zero-order valence-electron chi connectivity index (χ0n) is 19.4. The molecule has 0 bridgehead atoms. The zero-order valence-corrected chi connectivity index (χ0v) is 20.2. The number of aldehydes is 1. The average molecular weight is 541 g/mol. The highest BCUT2D eigenvalue weighted by molar-refractivity contribution is 7.86. The van der Waals surface area contributed by atoms with E-state index in [9.17, 15) is 37.7 Å². The maximum atomic E-state index is 12.9. The first-order valence-corrected chi connectivity index (χ1v) is 12.2. The Kier molecular flexibility index (Phi) is 9.13. The molecule has 0 amide bonds. The Bertz CT molecular complexity index is 1420. The third-order valence-electron chi connectivity index (χ3n) is 4.95. The Balaban J connectivity index is 1.93. The number of nitrogens with zero attached hydrogens (tertiary/aromatic N) is 1. The van der Waals surface area contributed by atoms with E-state index in [0.717, 1.165) is 24.3 Å². The maximum Gasteiger partial charge on any atom is 0.338 e. The van der Waals surface area contributed by atoms with Crippen LogP contribution >= 0.6 is 0 Å². The van der Waals surface area contributed by atoms with Crippen LogP contribution in [0.1, 0.15) is 20.7 Å². The average Bonchev–Trinajstić information content (AvgIpc) is 2.94. The van der Waals surface area contributed by atoms with Gasteiger partial charge in [-0.15, -0.1) is 0 Å². The van der Waals surface area contributed by atoms with Gasteiger partial charge in [0.2, 0.25) is 5.78 Å². The lowest BCUT2D eigenvalue weighted by Crippen LogP contribution is -2.44. The van der Waals surface area contributed by atoms with Gasteiger partial charge in [-0.2, -0.15) is 8.42 Å². The summed E-state index contributed by atoms with van der Waals surface area (Å²) in [5.41, 5.74) is -0.332. The molecule has 3 aromatic rings. The van der Waals surface area contributed by atoms with Gasteiger partial charge in [-0.3, -0.25) is 23.9 Å². The molecule has 0 N–H and O–H groups in total. The number of nitro groups is 1. The standard InChI is InChI=1S/C25H19NO11S/c27-15-21(28)23(36-25(30)18-9-5-2-6-10-18)22(16-35-24(29)17-7-3-1-4-8-17)37-38(33,34)20-13-11-19(12-14-20)26(31)32/h1-15,22-23H,16H2. The molecule has 0 heterocycles. The number of benzene rings is 3. The predicted octanol–water partition coefficient (Wildman–Crippen LogP) is 2.52. The van der Waals surface area contributed by atoms with E-state index < -0.39 is 62.2 Å². The molecule has 0 aliphatic carbocycles. The van der Waals surface area contributed by atoms with Gasteiger partial charge >= 0.3 is 11.9 Å². The fraction of sp³-hybridized carbons (Fsp3) is 0.120. The van der Waals surface area contributed by atoms with Crippen LogP contribution in [0.3, 0.4) is 0 Å². The number of carbonyl (C=O) groups excluding carboxylic acids is 4. The van der Waals surface area contributed by atoms with Crippen LogP contribution in [-0.2, 0) is 33.4 Å². The van der Waals surface area contributed by atoms with Gasteiger partial charge in [-0.1, -0.05) is 36.4 Å². The summed E-state index contributed by atoms with van der Waals surface area (Å²) in [4.78, 5) is 58.4. The molecule has 2 atom stereocenters. The maximum absolute atomic E-state index is 12.9. The minimum Gasteiger partial charge on any atom is -0.459 e. The van der Waals surface area contributed by atoms with Crippen molar-refractivity contribution in [2.24, 2.45) is 0 Å². The van der Waals surface area contributed by atoms with Crippen molar-refractivity contribution in [2.45, 2.75) is 17.1 Å². The van der Waals surface area contributed by atoms with Crippen molar-refractivity contribution in [1.82, 2.24) is 0 Å². The van der Waals surface area contributed by atoms with Gasteiger partial charge in [0.15, 0.2) is 18.5 Å². The van der Waals surface area contributed by atoms with Crippen molar-refractivity contribution in [3.63, 3.8) is 0 Å². The minimum atomic E-state index is -4.78. The van der Waals surface area contributed by atoms with Gasteiger partial charge < -0.3 is 9.47 Å². The van der Waals surface area contributed by atoms with Crippen LogP contribution in [0, 0.1) is 10.1 Å². The Labute approximate surface area is 216 Å². The number of hydrogen-bond donors (Lipinski definition) is 0. The van der Waals surface area contributed by atoms with E-state index >= 15 is 0 Å². The second-order valence-electron chi connectivity index (χ2n) is 7.52. The normalized spacial score (nSPS) is 12.5. The van der Waals surface area contributed by atoms with Crippen molar-refractivity contribution in [3.05, 3.63) is 106 Å². The van der Waals surface area contributed by atoms with E-state index in [1.807, 2.05) is 0 Å². The van der Waals surface area contributed by atoms with Crippen molar-refractivity contribution < 1.29 is 46.2 Å². The summed E-state index contributed by atoms with van der Waals surface area (Å²) in [7, 11) is -4.78. The molecular weight excluding hydrogens is 522 g/mol. The highest BCUT2D eigenvalue weighted by Gasteiger charge is 2.38. The van der Waals surface area contributed by atoms with Gasteiger partial charge in [0, 0.05) is 12.1 Å². The summed E-state index contributed by atoms with van der Waals surface area (Å²) >= 11 is 0. The molecule has 12 nitrogen and oxygen atoms in total. The second-order valence-corrected chi connectivity index (χ2v) is 9.09. The third kappa shape index (κ3) is 7.15. The molecule has 3 rings (SSSR count). The number of esters is 2. The molecule has 0 saturated carbocycles. The summed E-state index contributed by atoms with van der Waals surface area (Å²) in [6, 6.07) is 18.4. The van der Waals surface area contributed by atoms with Crippen LogP contribution in [0.15, 0.2) is 89.8 Å². The Morgan fingerprint density at radius 2 is 1.37 bits per heavy atom. The van der Waals surface area contributed by atoms with Crippen LogP contribution in [0.4, 0.5) is 5.69 Å². The number of non-ortho nitro benzene ring substituents is 1. The summed E-state index contributed by atoms with van der Waals surface area (Å²) in [5.74, 6) is -3.37. The topological polar surface area (TPSA) is 173 Å². The lowest BCUT2D eigenvalue weighted by molar-refractivity contribution is -0.384. The van der Waals surface area contributed by atoms with Crippen LogP contribution in [-0.4, -0.2) is 56.2 Å². The first kappa shape index (κ1) is 27.8. The number of carbonyl (C=O) groups is 4. The van der Waals surface area contributed by atoms with Crippen LogP contribution < -0.4 is 0 Å². The molecule has 2 unspecified atom stereocenters. The number of ketones is 1. The highest BCUT2D eigenvalue weighted by atomic mass is 32.2. The molecule has 0 aliphatic heterocycles. The zero-order chi connectivity index (χ0) is 27.7. The van der Waals surface area contributed by atoms with Crippen molar-refractivity contribution >= 4 is 39.8 Å². The molecular formula is C25H19NO11S. The van der Waals surface area contributed by atoms with Gasteiger partial charge in [-0.25, -0.2) is 9.59 Å². The lowest BCUT2D eigenvalue weighted by atomic mass is 10.1. The summed E-state index contributed by atoms with van der Waals surface area (Å²) in [5, 5.41) is 10.9. The molecule has 0 aromatic heterocycles. The monoisotopic (exact) mass is 541 g/mol. The van der Waals surface area contributed by atoms with Gasteiger partial charge in [0.05, 0.1) is 20.9 Å². The van der Waals surface area contributed by atoms with Crippen molar-refractivity contribution in [3.8, 4) is 0 Å². The summed E-state index contributed by atoms with van der Waals surface area (Å²) in [6.45, 7) is -0.924. The number of ether oxygens (including phenoxy) is 2. The van der Waals surface area contributed by atoms with E-state index in [0.29, 0.717) is 0 Å². The van der Waals surface area contributed by atoms with Crippen molar-refractivity contribution in [2.75, 3.05) is 6.61 Å². The molecule has 0 fully saturated rings. The van der Waals surface area contributed by atoms with Gasteiger partial charge in [-0.05, 0) is 36.4 Å². The first-order valence-electron chi connectivity index (χ1n) is 10.8. The Morgan fingerprint density at radius 3 is 1.87 bits per heavy atom. The summed E-state index contributed by atoms with van der Waals surface area (Å²) < 4.78 is 41.2. The molecule has 13 heteroatoms.